The molecule has 0 bridgehead atoms. The zero-order valence-electron chi connectivity index (χ0n) is 11.2. The fourth-order valence-corrected chi connectivity index (χ4v) is 3.14. The summed E-state index contributed by atoms with van der Waals surface area (Å²) >= 11 is 0. The SMILES string of the molecule is COC1CCCC(O)(c2cncc3ccccc23)C1. The largest absolute Gasteiger partial charge is 0.385 e. The number of methoxy groups -OCH3 is 1. The minimum Gasteiger partial charge on any atom is -0.385 e. The quantitative estimate of drug-likeness (QED) is 0.899. The van der Waals surface area contributed by atoms with Crippen LogP contribution in [-0.2, 0) is 10.3 Å². The van der Waals surface area contributed by atoms with Crippen molar-refractivity contribution in [3.05, 3.63) is 42.2 Å². The molecule has 0 amide bonds. The molecule has 3 nitrogen and oxygen atoms in total. The Morgan fingerprint density at radius 3 is 3.00 bits per heavy atom. The average Bonchev–Trinajstić information content (AvgIpc) is 2.46. The second-order valence-electron chi connectivity index (χ2n) is 5.39. The summed E-state index contributed by atoms with van der Waals surface area (Å²) < 4.78 is 5.44. The molecular weight excluding hydrogens is 238 g/mol. The Balaban J connectivity index is 2.07. The summed E-state index contributed by atoms with van der Waals surface area (Å²) in [7, 11) is 1.72. The lowest BCUT2D eigenvalue weighted by Gasteiger charge is -2.37. The maximum absolute atomic E-state index is 11.0. The Morgan fingerprint density at radius 2 is 2.16 bits per heavy atom. The summed E-state index contributed by atoms with van der Waals surface area (Å²) in [4.78, 5) is 4.28. The first-order valence-corrected chi connectivity index (χ1v) is 6.81. The number of pyridine rings is 1. The predicted octanol–water partition coefficient (Wildman–Crippen LogP) is 3.01. The van der Waals surface area contributed by atoms with Crippen molar-refractivity contribution >= 4 is 10.8 Å². The Morgan fingerprint density at radius 1 is 1.32 bits per heavy atom. The van der Waals surface area contributed by atoms with Crippen LogP contribution in [0.2, 0.25) is 0 Å². The molecule has 1 aliphatic rings. The maximum Gasteiger partial charge on any atom is 0.0942 e. The van der Waals surface area contributed by atoms with Crippen LogP contribution in [-0.4, -0.2) is 23.3 Å². The van der Waals surface area contributed by atoms with Gasteiger partial charge in [-0.3, -0.25) is 4.98 Å². The average molecular weight is 257 g/mol. The predicted molar refractivity (Wildman–Crippen MR) is 74.9 cm³/mol. The maximum atomic E-state index is 11.0. The molecular formula is C16H19NO2. The van der Waals surface area contributed by atoms with Crippen LogP contribution in [0.15, 0.2) is 36.7 Å². The highest BCUT2D eigenvalue weighted by molar-refractivity contribution is 5.85. The van der Waals surface area contributed by atoms with Crippen molar-refractivity contribution in [2.24, 2.45) is 0 Å². The van der Waals surface area contributed by atoms with E-state index in [0.717, 1.165) is 35.6 Å². The second-order valence-corrected chi connectivity index (χ2v) is 5.39. The topological polar surface area (TPSA) is 42.4 Å². The van der Waals surface area contributed by atoms with Crippen LogP contribution in [0.4, 0.5) is 0 Å². The molecule has 0 spiro atoms. The van der Waals surface area contributed by atoms with Gasteiger partial charge in [0.1, 0.15) is 0 Å². The van der Waals surface area contributed by atoms with Crippen LogP contribution in [0.5, 0.6) is 0 Å². The van der Waals surface area contributed by atoms with Gasteiger partial charge >= 0.3 is 0 Å². The number of aliphatic hydroxyl groups is 1. The number of fused-ring (bicyclic) bond motifs is 1. The number of hydrogen-bond donors (Lipinski definition) is 1. The number of benzene rings is 1. The van der Waals surface area contributed by atoms with Crippen molar-refractivity contribution in [3.63, 3.8) is 0 Å². The van der Waals surface area contributed by atoms with Crippen LogP contribution in [0.25, 0.3) is 10.8 Å². The number of nitrogens with zero attached hydrogens (tertiary/aromatic N) is 1. The van der Waals surface area contributed by atoms with Gasteiger partial charge in [0.05, 0.1) is 11.7 Å². The van der Waals surface area contributed by atoms with E-state index < -0.39 is 5.60 Å². The van der Waals surface area contributed by atoms with Gasteiger partial charge in [-0.05, 0) is 24.6 Å². The zero-order valence-corrected chi connectivity index (χ0v) is 11.2. The summed E-state index contributed by atoms with van der Waals surface area (Å²) in [5.74, 6) is 0. The van der Waals surface area contributed by atoms with Gasteiger partial charge in [0, 0.05) is 36.9 Å². The lowest BCUT2D eigenvalue weighted by atomic mass is 9.77. The highest BCUT2D eigenvalue weighted by atomic mass is 16.5. The van der Waals surface area contributed by atoms with E-state index >= 15 is 0 Å². The molecule has 1 aliphatic carbocycles. The fourth-order valence-electron chi connectivity index (χ4n) is 3.14. The summed E-state index contributed by atoms with van der Waals surface area (Å²) in [5, 5.41) is 13.2. The third-order valence-electron chi connectivity index (χ3n) is 4.18. The molecule has 1 heterocycles. The Kier molecular flexibility index (Phi) is 3.25. The van der Waals surface area contributed by atoms with E-state index in [2.05, 4.69) is 11.1 Å². The van der Waals surface area contributed by atoms with Gasteiger partial charge < -0.3 is 9.84 Å². The molecule has 0 radical (unpaired) electrons. The van der Waals surface area contributed by atoms with E-state index in [1.807, 2.05) is 24.4 Å². The Hall–Kier alpha value is -1.45. The normalized spacial score (nSPS) is 27.6. The van der Waals surface area contributed by atoms with Crippen molar-refractivity contribution in [3.8, 4) is 0 Å². The third kappa shape index (κ3) is 2.24. The van der Waals surface area contributed by atoms with Crippen LogP contribution < -0.4 is 0 Å². The van der Waals surface area contributed by atoms with Crippen LogP contribution in [0.3, 0.4) is 0 Å². The minimum atomic E-state index is -0.813. The van der Waals surface area contributed by atoms with E-state index in [-0.39, 0.29) is 6.10 Å². The van der Waals surface area contributed by atoms with Crippen molar-refractivity contribution in [2.45, 2.75) is 37.4 Å². The molecule has 3 heteroatoms. The summed E-state index contributed by atoms with van der Waals surface area (Å²) in [6.45, 7) is 0. The number of ether oxygens (including phenoxy) is 1. The van der Waals surface area contributed by atoms with Crippen molar-refractivity contribution < 1.29 is 9.84 Å². The molecule has 0 aliphatic heterocycles. The minimum absolute atomic E-state index is 0.137. The lowest BCUT2D eigenvalue weighted by Crippen LogP contribution is -2.36. The number of aromatic nitrogens is 1. The molecule has 2 unspecified atom stereocenters. The molecule has 1 aromatic heterocycles. The molecule has 0 saturated heterocycles. The number of hydrogen-bond acceptors (Lipinski definition) is 3. The Bertz CT molecular complexity index is 578. The molecule has 19 heavy (non-hydrogen) atoms. The van der Waals surface area contributed by atoms with E-state index in [1.54, 1.807) is 13.3 Å². The van der Waals surface area contributed by atoms with E-state index in [4.69, 9.17) is 4.74 Å². The third-order valence-corrected chi connectivity index (χ3v) is 4.18. The van der Waals surface area contributed by atoms with E-state index in [0.29, 0.717) is 6.42 Å². The molecule has 1 aromatic carbocycles. The molecule has 1 fully saturated rings. The lowest BCUT2D eigenvalue weighted by molar-refractivity contribution is -0.0624. The molecule has 2 aromatic rings. The van der Waals surface area contributed by atoms with E-state index in [1.165, 1.54) is 0 Å². The summed E-state index contributed by atoms with van der Waals surface area (Å²) in [5.41, 5.74) is 0.125. The summed E-state index contributed by atoms with van der Waals surface area (Å²) in [6.07, 6.45) is 7.23. The molecule has 1 saturated carbocycles. The Labute approximate surface area is 113 Å². The van der Waals surface area contributed by atoms with Gasteiger partial charge in [0.2, 0.25) is 0 Å². The van der Waals surface area contributed by atoms with Crippen LogP contribution in [0, 0.1) is 0 Å². The van der Waals surface area contributed by atoms with Crippen molar-refractivity contribution in [1.29, 1.82) is 0 Å². The van der Waals surface area contributed by atoms with Crippen LogP contribution >= 0.6 is 0 Å². The summed E-state index contributed by atoms with van der Waals surface area (Å²) in [6, 6.07) is 8.09. The van der Waals surface area contributed by atoms with Crippen molar-refractivity contribution in [1.82, 2.24) is 4.98 Å². The molecule has 2 atom stereocenters. The van der Waals surface area contributed by atoms with Gasteiger partial charge in [-0.2, -0.15) is 0 Å². The van der Waals surface area contributed by atoms with Gasteiger partial charge in [-0.1, -0.05) is 24.3 Å². The molecule has 100 valence electrons. The first-order valence-electron chi connectivity index (χ1n) is 6.81. The molecule has 1 N–H and O–H groups in total. The number of rotatable bonds is 2. The van der Waals surface area contributed by atoms with Gasteiger partial charge in [0.15, 0.2) is 0 Å². The standard InChI is InChI=1S/C16H19NO2/c1-19-13-6-4-8-16(18,9-13)15-11-17-10-12-5-2-3-7-14(12)15/h2-3,5,7,10-11,13,18H,4,6,8-9H2,1H3. The second kappa shape index (κ2) is 4.91. The van der Waals surface area contributed by atoms with E-state index in [9.17, 15) is 5.11 Å². The smallest absolute Gasteiger partial charge is 0.0942 e. The van der Waals surface area contributed by atoms with Gasteiger partial charge in [0.25, 0.3) is 0 Å². The molecule has 3 rings (SSSR count). The fraction of sp³-hybridized carbons (Fsp3) is 0.438. The highest BCUT2D eigenvalue weighted by Gasteiger charge is 2.37. The van der Waals surface area contributed by atoms with Crippen LogP contribution in [0.1, 0.15) is 31.2 Å². The van der Waals surface area contributed by atoms with Gasteiger partial charge in [-0.25, -0.2) is 0 Å². The highest BCUT2D eigenvalue weighted by Crippen LogP contribution is 2.40. The zero-order chi connectivity index (χ0) is 13.3. The van der Waals surface area contributed by atoms with Crippen molar-refractivity contribution in [2.75, 3.05) is 7.11 Å². The first kappa shape index (κ1) is 12.6. The monoisotopic (exact) mass is 257 g/mol. The first-order chi connectivity index (χ1) is 9.23. The van der Waals surface area contributed by atoms with Gasteiger partial charge in [-0.15, -0.1) is 0 Å².